The molecule has 0 unspecified atom stereocenters. The van der Waals surface area contributed by atoms with Gasteiger partial charge in [0.2, 0.25) is 0 Å². The Morgan fingerprint density at radius 3 is 1.96 bits per heavy atom. The standard InChI is InChI=1S/C22H20N2.C16H18N.C7H6O.3ClH.Fe/c1-16(2)18-12-6-8-14-20(18)24-21-15-9-7-13-19(21)23-22(24)17-10-4-3-5-11-17;1-12(2)15-9-5-3-7-13(15)11-14-8-4-6-10-16(14)17;8-6-7-4-2-1-3-5-7;;;;/h3-16H,1-2H3;3-8,10,12H,11,17H2,1-2H3;1-6H;3*1H;/q;+1;;;;;+3/p-3. The number of imidazole rings is 1. The Hall–Kier alpha value is -4.44. The molecule has 0 saturated carbocycles. The van der Waals surface area contributed by atoms with E-state index in [2.05, 4.69) is 117 Å². The van der Waals surface area contributed by atoms with Gasteiger partial charge in [-0.05, 0) is 41.3 Å². The van der Waals surface area contributed by atoms with Crippen LogP contribution >= 0.6 is 30.3 Å². The first kappa shape index (κ1) is 41.3. The molecule has 4 nitrogen and oxygen atoms in total. The van der Waals surface area contributed by atoms with E-state index in [1.54, 1.807) is 12.1 Å². The van der Waals surface area contributed by atoms with Crippen molar-refractivity contribution in [2.45, 2.75) is 40.0 Å². The summed E-state index contributed by atoms with van der Waals surface area (Å²) in [6, 6.07) is 44.5. The molecule has 1 heterocycles. The number of halogens is 3. The van der Waals surface area contributed by atoms with Crippen molar-refractivity contribution in [2.24, 2.45) is 5.92 Å². The normalized spacial score (nSPS) is 11.8. The molecule has 0 aliphatic heterocycles. The number of benzene rings is 5. The topological polar surface area (TPSA) is 60.9 Å². The monoisotopic (exact) mass is 803 g/mol. The van der Waals surface area contributed by atoms with Crippen molar-refractivity contribution in [3.63, 3.8) is 0 Å². The van der Waals surface area contributed by atoms with Crippen molar-refractivity contribution in [2.75, 3.05) is 5.73 Å². The van der Waals surface area contributed by atoms with Crippen LogP contribution in [0.1, 0.15) is 55.1 Å². The number of aromatic nitrogens is 2. The Morgan fingerprint density at radius 2 is 1.34 bits per heavy atom. The molecule has 273 valence electrons. The number of fused-ring (bicyclic) bond motifs is 1. The summed E-state index contributed by atoms with van der Waals surface area (Å²) >= 11 is -1.33. The first-order chi connectivity index (χ1) is 25.6. The van der Waals surface area contributed by atoms with E-state index in [0.717, 1.165) is 46.4 Å². The van der Waals surface area contributed by atoms with Gasteiger partial charge in [-0.2, -0.15) is 0 Å². The van der Waals surface area contributed by atoms with Crippen LogP contribution < -0.4 is 5.73 Å². The number of anilines is 1. The van der Waals surface area contributed by atoms with Crippen LogP contribution in [0.4, 0.5) is 5.69 Å². The van der Waals surface area contributed by atoms with Crippen molar-refractivity contribution in [3.05, 3.63) is 186 Å². The number of nitrogens with two attached hydrogens (primary N) is 1. The minimum absolute atomic E-state index is 0.450. The number of aldehydes is 1. The molecule has 1 aliphatic carbocycles. The van der Waals surface area contributed by atoms with Gasteiger partial charge in [-0.1, -0.05) is 137 Å². The zero-order valence-corrected chi connectivity index (χ0v) is 33.6. The zero-order valence-electron chi connectivity index (χ0n) is 30.2. The van der Waals surface area contributed by atoms with Crippen LogP contribution in [0, 0.1) is 12.0 Å². The molecule has 0 saturated heterocycles. The molecule has 1 aromatic heterocycles. The van der Waals surface area contributed by atoms with Crippen LogP contribution in [0.3, 0.4) is 0 Å². The first-order valence-corrected chi connectivity index (χ1v) is 21.8. The second-order valence-electron chi connectivity index (χ2n) is 12.7. The molecule has 0 amide bonds. The first-order valence-electron chi connectivity index (χ1n) is 17.2. The van der Waals surface area contributed by atoms with Gasteiger partial charge in [-0.3, -0.25) is 9.36 Å². The third-order valence-corrected chi connectivity index (χ3v) is 8.32. The van der Waals surface area contributed by atoms with E-state index < -0.39 is 11.2 Å². The van der Waals surface area contributed by atoms with E-state index >= 15 is 0 Å². The van der Waals surface area contributed by atoms with Gasteiger partial charge in [-0.15, -0.1) is 0 Å². The molecule has 2 N–H and O–H groups in total. The Labute approximate surface area is 331 Å². The molecule has 8 heteroatoms. The van der Waals surface area contributed by atoms with Gasteiger partial charge in [-0.25, -0.2) is 4.98 Å². The molecule has 0 radical (unpaired) electrons. The summed E-state index contributed by atoms with van der Waals surface area (Å²) in [7, 11) is 14.7. The fourth-order valence-electron chi connectivity index (χ4n) is 5.84. The molecule has 0 bridgehead atoms. The quantitative estimate of drug-likeness (QED) is 0.0757. The molecule has 6 aromatic rings. The van der Waals surface area contributed by atoms with Gasteiger partial charge in [0.15, 0.2) is 0 Å². The molecular formula is C45H44Cl3FeN3O+. The third-order valence-electron chi connectivity index (χ3n) is 8.32. The van der Waals surface area contributed by atoms with Gasteiger partial charge in [0.25, 0.3) is 0 Å². The molecule has 0 spiro atoms. The molecule has 1 aliphatic rings. The van der Waals surface area contributed by atoms with Gasteiger partial charge < -0.3 is 5.73 Å². The molecule has 5 aromatic carbocycles. The molecule has 0 atom stereocenters. The minimum atomic E-state index is -1.33. The third kappa shape index (κ3) is 12.3. The van der Waals surface area contributed by atoms with E-state index in [1.807, 2.05) is 60.7 Å². The predicted molar refractivity (Wildman–Crippen MR) is 223 cm³/mol. The number of carbonyl (C=O) groups is 1. The molecular weight excluding hydrogens is 761 g/mol. The van der Waals surface area contributed by atoms with Crippen molar-refractivity contribution in [3.8, 4) is 17.1 Å². The summed E-state index contributed by atoms with van der Waals surface area (Å²) in [6.07, 6.45) is 11.2. The second-order valence-corrected chi connectivity index (χ2v) is 18.1. The van der Waals surface area contributed by atoms with Crippen molar-refractivity contribution < 1.29 is 16.0 Å². The number of hydrogen-bond acceptors (Lipinski definition) is 3. The fourth-order valence-corrected chi connectivity index (χ4v) is 5.84. The second kappa shape index (κ2) is 21.3. The van der Waals surface area contributed by atoms with Gasteiger partial charge in [0, 0.05) is 41.3 Å². The average Bonchev–Trinajstić information content (AvgIpc) is 3.56. The number of para-hydroxylation sites is 4. The maximum absolute atomic E-state index is 10.0. The molecule has 7 rings (SSSR count). The van der Waals surface area contributed by atoms with Crippen LogP contribution in [0.2, 0.25) is 0 Å². The maximum atomic E-state index is 10.0. The Balaban J connectivity index is 0.000000187. The van der Waals surface area contributed by atoms with E-state index in [-0.39, 0.29) is 0 Å². The van der Waals surface area contributed by atoms with Crippen molar-refractivity contribution in [1.29, 1.82) is 0 Å². The zero-order chi connectivity index (χ0) is 38.2. The van der Waals surface area contributed by atoms with Crippen molar-refractivity contribution >= 4 is 53.3 Å². The Morgan fingerprint density at radius 1 is 0.755 bits per heavy atom. The van der Waals surface area contributed by atoms with E-state index in [0.29, 0.717) is 11.8 Å². The number of allylic oxidation sites excluding steroid dienone is 6. The molecule has 0 fully saturated rings. The van der Waals surface area contributed by atoms with Crippen LogP contribution in [-0.2, 0) is 17.6 Å². The summed E-state index contributed by atoms with van der Waals surface area (Å²) in [5, 5.41) is 0. The average molecular weight is 805 g/mol. The number of nitrogen functional groups attached to an aromatic ring is 1. The summed E-state index contributed by atoms with van der Waals surface area (Å²) in [4.78, 5) is 14.9. The predicted octanol–water partition coefficient (Wildman–Crippen LogP) is 13.1. The summed E-state index contributed by atoms with van der Waals surface area (Å²) in [5.41, 5.74) is 17.2. The van der Waals surface area contributed by atoms with Gasteiger partial charge in [0.05, 0.1) is 28.4 Å². The summed E-state index contributed by atoms with van der Waals surface area (Å²) in [6.45, 7) is 8.87. The van der Waals surface area contributed by atoms with E-state index in [9.17, 15) is 4.79 Å². The van der Waals surface area contributed by atoms with Gasteiger partial charge >= 0.3 is 41.5 Å². The van der Waals surface area contributed by atoms with E-state index in [4.69, 9.17) is 41.0 Å². The number of carbonyl (C=O) groups excluding carboxylic acids is 1. The SMILES string of the molecule is CC(C)C1=[C+]C=CC=C1Cc1ccccc1N.CC(C)c1ccccc1-n1c(-c2ccccc2)nc2ccccc21.O=Cc1ccccc1.[Cl][Fe]([Cl])[Cl]. The summed E-state index contributed by atoms with van der Waals surface area (Å²) < 4.78 is 2.29. The Kier molecular flexibility index (Phi) is 16.6. The van der Waals surface area contributed by atoms with E-state index in [1.165, 1.54) is 28.0 Å². The van der Waals surface area contributed by atoms with Crippen LogP contribution in [-0.4, -0.2) is 15.8 Å². The van der Waals surface area contributed by atoms with Crippen LogP contribution in [0.5, 0.6) is 0 Å². The summed E-state index contributed by atoms with van der Waals surface area (Å²) in [5.74, 6) is 1.94. The van der Waals surface area contributed by atoms with Crippen LogP contribution in [0.25, 0.3) is 28.1 Å². The fraction of sp³-hybridized carbons (Fsp3) is 0.156. The van der Waals surface area contributed by atoms with Crippen LogP contribution in [0.15, 0.2) is 163 Å². The number of rotatable bonds is 7. The van der Waals surface area contributed by atoms with Gasteiger partial charge in [0.1, 0.15) is 23.8 Å². The number of nitrogens with zero attached hydrogens (tertiary/aromatic N) is 2. The number of hydrogen-bond donors (Lipinski definition) is 1. The Bertz CT molecular complexity index is 2140. The molecule has 53 heavy (non-hydrogen) atoms. The van der Waals surface area contributed by atoms with Crippen molar-refractivity contribution in [1.82, 2.24) is 9.55 Å².